The molecule has 3 nitrogen and oxygen atoms in total. The topological polar surface area (TPSA) is 32.3 Å². The molecule has 0 aromatic rings. The van der Waals surface area contributed by atoms with Gasteiger partial charge >= 0.3 is 0 Å². The highest BCUT2D eigenvalue weighted by Crippen LogP contribution is 2.24. The molecule has 5 heteroatoms. The van der Waals surface area contributed by atoms with E-state index in [9.17, 15) is 13.6 Å². The van der Waals surface area contributed by atoms with Crippen molar-refractivity contribution in [1.29, 1.82) is 0 Å². The van der Waals surface area contributed by atoms with Crippen molar-refractivity contribution in [3.63, 3.8) is 0 Å². The van der Waals surface area contributed by atoms with E-state index in [1.165, 1.54) is 11.8 Å². The van der Waals surface area contributed by atoms with Gasteiger partial charge in [-0.3, -0.25) is 10.1 Å². The van der Waals surface area contributed by atoms with Crippen molar-refractivity contribution in [3.05, 3.63) is 0 Å². The number of rotatable bonds is 3. The Hall–Kier alpha value is -0.710. The second kappa shape index (κ2) is 3.81. The summed E-state index contributed by atoms with van der Waals surface area (Å²) in [6, 6.07) is -1.33. The van der Waals surface area contributed by atoms with E-state index in [2.05, 4.69) is 5.32 Å². The van der Waals surface area contributed by atoms with Crippen LogP contribution in [0.25, 0.3) is 0 Å². The van der Waals surface area contributed by atoms with Gasteiger partial charge in [-0.2, -0.15) is 0 Å². The molecule has 1 saturated heterocycles. The first kappa shape index (κ1) is 11.4. The van der Waals surface area contributed by atoms with Crippen molar-refractivity contribution in [2.45, 2.75) is 45.2 Å². The number of alkyl halides is 2. The fraction of sp³-hybridized carbons (Fsp3) is 0.889. The Balaban J connectivity index is 2.68. The molecule has 1 aliphatic rings. The Bertz CT molecular complexity index is 227. The lowest BCUT2D eigenvalue weighted by Gasteiger charge is -2.28. The molecule has 1 aliphatic heterocycles. The first-order valence-corrected chi connectivity index (χ1v) is 4.79. The average Bonchev–Trinajstić information content (AvgIpc) is 2.43. The Morgan fingerprint density at radius 3 is 2.64 bits per heavy atom. The van der Waals surface area contributed by atoms with E-state index in [1.54, 1.807) is 0 Å². The van der Waals surface area contributed by atoms with Gasteiger partial charge in [0.1, 0.15) is 0 Å². The highest BCUT2D eigenvalue weighted by Gasteiger charge is 2.41. The number of carbonyl (C=O) groups is 1. The molecular formula is C9H16F2N2O. The van der Waals surface area contributed by atoms with E-state index in [0.29, 0.717) is 6.42 Å². The first-order chi connectivity index (χ1) is 6.38. The predicted molar refractivity (Wildman–Crippen MR) is 49.0 cm³/mol. The lowest BCUT2D eigenvalue weighted by molar-refractivity contribution is -0.138. The molecule has 14 heavy (non-hydrogen) atoms. The van der Waals surface area contributed by atoms with Gasteiger partial charge in [-0.05, 0) is 13.3 Å². The second-order valence-electron chi connectivity index (χ2n) is 3.76. The number of amides is 1. The van der Waals surface area contributed by atoms with E-state index in [1.807, 2.05) is 6.92 Å². The van der Waals surface area contributed by atoms with Crippen LogP contribution in [-0.4, -0.2) is 35.5 Å². The Morgan fingerprint density at radius 2 is 2.29 bits per heavy atom. The minimum absolute atomic E-state index is 0.221. The van der Waals surface area contributed by atoms with Crippen molar-refractivity contribution in [2.75, 3.05) is 6.67 Å². The summed E-state index contributed by atoms with van der Waals surface area (Å²) in [6.07, 6.45) is 0.636. The van der Waals surface area contributed by atoms with Crippen molar-refractivity contribution in [2.24, 2.45) is 0 Å². The maximum atomic E-state index is 13.0. The molecule has 0 radical (unpaired) electrons. The molecule has 1 amide bonds. The Morgan fingerprint density at radius 1 is 1.71 bits per heavy atom. The minimum atomic E-state index is -2.85. The normalized spacial score (nSPS) is 25.6. The summed E-state index contributed by atoms with van der Waals surface area (Å²) < 4.78 is 25.9. The molecule has 0 spiro atoms. The van der Waals surface area contributed by atoms with Gasteiger partial charge in [-0.15, -0.1) is 0 Å². The van der Waals surface area contributed by atoms with Gasteiger partial charge in [-0.1, -0.05) is 6.92 Å². The lowest BCUT2D eigenvalue weighted by Crippen LogP contribution is -2.46. The summed E-state index contributed by atoms with van der Waals surface area (Å²) in [5.41, 5.74) is 0. The van der Waals surface area contributed by atoms with Crippen molar-refractivity contribution in [3.8, 4) is 0 Å². The summed E-state index contributed by atoms with van der Waals surface area (Å²) in [5.74, 6) is -3.07. The summed E-state index contributed by atoms with van der Waals surface area (Å²) in [5, 5.41) is 2.90. The number of nitrogens with zero attached hydrogens (tertiary/aromatic N) is 1. The van der Waals surface area contributed by atoms with E-state index in [0.717, 1.165) is 6.92 Å². The third kappa shape index (κ3) is 2.03. The van der Waals surface area contributed by atoms with Crippen molar-refractivity contribution < 1.29 is 13.6 Å². The summed E-state index contributed by atoms with van der Waals surface area (Å²) in [4.78, 5) is 12.8. The SMILES string of the molecule is CCC1NCN(C(C)C(C)(F)F)C1=O. The van der Waals surface area contributed by atoms with Crippen LogP contribution in [0.4, 0.5) is 8.78 Å². The summed E-state index contributed by atoms with van der Waals surface area (Å²) >= 11 is 0. The van der Waals surface area contributed by atoms with Crippen LogP contribution < -0.4 is 5.32 Å². The molecule has 0 aromatic carbocycles. The van der Waals surface area contributed by atoms with E-state index in [4.69, 9.17) is 0 Å². The van der Waals surface area contributed by atoms with Crippen LogP contribution in [-0.2, 0) is 4.79 Å². The predicted octanol–water partition coefficient (Wildman–Crippen LogP) is 1.20. The maximum absolute atomic E-state index is 13.0. The molecule has 0 aliphatic carbocycles. The molecule has 2 unspecified atom stereocenters. The zero-order valence-electron chi connectivity index (χ0n) is 8.68. The zero-order chi connectivity index (χ0) is 10.9. The quantitative estimate of drug-likeness (QED) is 0.752. The molecule has 0 bridgehead atoms. The Labute approximate surface area is 82.5 Å². The summed E-state index contributed by atoms with van der Waals surface area (Å²) in [7, 11) is 0. The summed E-state index contributed by atoms with van der Waals surface area (Å²) in [6.45, 7) is 4.29. The first-order valence-electron chi connectivity index (χ1n) is 4.79. The Kier molecular flexibility index (Phi) is 3.09. The molecule has 1 rings (SSSR count). The van der Waals surface area contributed by atoms with Gasteiger partial charge in [0, 0.05) is 6.92 Å². The largest absolute Gasteiger partial charge is 0.320 e. The molecule has 1 heterocycles. The number of nitrogens with one attached hydrogen (secondary N) is 1. The van der Waals surface area contributed by atoms with E-state index >= 15 is 0 Å². The number of hydrogen-bond acceptors (Lipinski definition) is 2. The van der Waals surface area contributed by atoms with Crippen LogP contribution in [0.3, 0.4) is 0 Å². The van der Waals surface area contributed by atoms with Gasteiger partial charge in [0.15, 0.2) is 0 Å². The smallest absolute Gasteiger partial charge is 0.265 e. The third-order valence-corrected chi connectivity index (χ3v) is 2.70. The zero-order valence-corrected chi connectivity index (χ0v) is 8.68. The second-order valence-corrected chi connectivity index (χ2v) is 3.76. The fourth-order valence-electron chi connectivity index (χ4n) is 1.49. The lowest BCUT2D eigenvalue weighted by atomic mass is 10.1. The van der Waals surface area contributed by atoms with Crippen LogP contribution in [0.1, 0.15) is 27.2 Å². The number of halogens is 2. The van der Waals surface area contributed by atoms with Crippen LogP contribution in [0.15, 0.2) is 0 Å². The molecule has 0 saturated carbocycles. The number of hydrogen-bond donors (Lipinski definition) is 1. The maximum Gasteiger partial charge on any atom is 0.265 e. The van der Waals surface area contributed by atoms with Gasteiger partial charge in [0.2, 0.25) is 5.91 Å². The molecule has 1 N–H and O–H groups in total. The van der Waals surface area contributed by atoms with Gasteiger partial charge in [0.05, 0.1) is 18.8 Å². The van der Waals surface area contributed by atoms with Gasteiger partial charge in [0.25, 0.3) is 5.92 Å². The monoisotopic (exact) mass is 206 g/mol. The highest BCUT2D eigenvalue weighted by molar-refractivity contribution is 5.84. The third-order valence-electron chi connectivity index (χ3n) is 2.70. The molecule has 0 aromatic heterocycles. The molecule has 2 atom stereocenters. The van der Waals surface area contributed by atoms with Gasteiger partial charge in [-0.25, -0.2) is 8.78 Å². The highest BCUT2D eigenvalue weighted by atomic mass is 19.3. The molecular weight excluding hydrogens is 190 g/mol. The van der Waals surface area contributed by atoms with Crippen molar-refractivity contribution >= 4 is 5.91 Å². The number of carbonyl (C=O) groups excluding carboxylic acids is 1. The fourth-order valence-corrected chi connectivity index (χ4v) is 1.49. The average molecular weight is 206 g/mol. The standard InChI is InChI=1S/C9H16F2N2O/c1-4-7-8(14)13(5-12-7)6(2)9(3,10)11/h6-7,12H,4-5H2,1-3H3. The van der Waals surface area contributed by atoms with Crippen molar-refractivity contribution in [1.82, 2.24) is 10.2 Å². The van der Waals surface area contributed by atoms with E-state index < -0.39 is 12.0 Å². The van der Waals surface area contributed by atoms with Crippen LogP contribution in [0.2, 0.25) is 0 Å². The molecule has 82 valence electrons. The van der Waals surface area contributed by atoms with Crippen LogP contribution in [0, 0.1) is 0 Å². The van der Waals surface area contributed by atoms with Crippen LogP contribution in [0.5, 0.6) is 0 Å². The van der Waals surface area contributed by atoms with E-state index in [-0.39, 0.29) is 18.6 Å². The minimum Gasteiger partial charge on any atom is -0.320 e. The van der Waals surface area contributed by atoms with Gasteiger partial charge < -0.3 is 4.90 Å². The molecule has 1 fully saturated rings. The van der Waals surface area contributed by atoms with Crippen LogP contribution >= 0.6 is 0 Å².